The Morgan fingerprint density at radius 1 is 1.09 bits per heavy atom. The highest BCUT2D eigenvalue weighted by Crippen LogP contribution is 2.31. The fraction of sp³-hybridized carbons (Fsp3) is 0.200. The number of hydrogen-bond donors (Lipinski definition) is 0. The number of rotatable bonds is 5. The van der Waals surface area contributed by atoms with Gasteiger partial charge in [-0.15, -0.1) is 0 Å². The molecule has 1 aliphatic heterocycles. The van der Waals surface area contributed by atoms with E-state index in [2.05, 4.69) is 4.99 Å². The third-order valence-electron chi connectivity index (χ3n) is 5.32. The molecule has 0 amide bonds. The first kappa shape index (κ1) is 23.2. The molecular weight excluding hydrogens is 456 g/mol. The van der Waals surface area contributed by atoms with Gasteiger partial charge >= 0.3 is 11.9 Å². The smallest absolute Gasteiger partial charge is 0.338 e. The van der Waals surface area contributed by atoms with Gasteiger partial charge in [0.1, 0.15) is 11.5 Å². The third-order valence-corrected chi connectivity index (χ3v) is 6.30. The zero-order chi connectivity index (χ0) is 24.4. The van der Waals surface area contributed by atoms with Crippen LogP contribution < -0.4 is 24.4 Å². The SMILES string of the molecule is COC(=O)C1=C(C)N=c2s/c(=C/c3ccccc3OC(C)=O)c(=O)n2[C@@H]1c1ccc(OC)cc1. The summed E-state index contributed by atoms with van der Waals surface area (Å²) in [6.07, 6.45) is 1.66. The van der Waals surface area contributed by atoms with E-state index in [1.165, 1.54) is 29.9 Å². The predicted octanol–water partition coefficient (Wildman–Crippen LogP) is 2.34. The van der Waals surface area contributed by atoms with Gasteiger partial charge in [-0.05, 0) is 36.8 Å². The second-order valence-electron chi connectivity index (χ2n) is 7.48. The highest BCUT2D eigenvalue weighted by atomic mass is 32.1. The standard InChI is InChI=1S/C25H22N2O6S/c1-14-21(24(30)32-4)22(16-9-11-18(31-3)12-10-16)27-23(29)20(34-25(27)26-14)13-17-7-5-6-8-19(17)33-15(2)28/h5-13,22H,1-4H3/b20-13+/t22-/m1/s1. The maximum Gasteiger partial charge on any atom is 0.338 e. The van der Waals surface area contributed by atoms with Crippen molar-refractivity contribution in [3.05, 3.63) is 90.6 Å². The first-order valence-electron chi connectivity index (χ1n) is 10.4. The number of para-hydroxylation sites is 1. The molecule has 0 bridgehead atoms. The Morgan fingerprint density at radius 3 is 2.44 bits per heavy atom. The van der Waals surface area contributed by atoms with E-state index >= 15 is 0 Å². The Morgan fingerprint density at radius 2 is 1.79 bits per heavy atom. The van der Waals surface area contributed by atoms with Gasteiger partial charge in [0.05, 0.1) is 36.1 Å². The Bertz CT molecular complexity index is 1480. The molecule has 34 heavy (non-hydrogen) atoms. The monoisotopic (exact) mass is 478 g/mol. The lowest BCUT2D eigenvalue weighted by molar-refractivity contribution is -0.136. The highest BCUT2D eigenvalue weighted by Gasteiger charge is 2.33. The molecule has 0 radical (unpaired) electrons. The van der Waals surface area contributed by atoms with Gasteiger partial charge in [-0.3, -0.25) is 14.2 Å². The molecule has 8 nitrogen and oxygen atoms in total. The van der Waals surface area contributed by atoms with Crippen molar-refractivity contribution in [2.45, 2.75) is 19.9 Å². The lowest BCUT2D eigenvalue weighted by Crippen LogP contribution is -2.39. The number of esters is 2. The van der Waals surface area contributed by atoms with Crippen molar-refractivity contribution in [2.75, 3.05) is 14.2 Å². The lowest BCUT2D eigenvalue weighted by atomic mass is 9.96. The van der Waals surface area contributed by atoms with E-state index in [9.17, 15) is 14.4 Å². The maximum absolute atomic E-state index is 13.6. The number of ether oxygens (including phenoxy) is 3. The van der Waals surface area contributed by atoms with Crippen molar-refractivity contribution in [3.8, 4) is 11.5 Å². The topological polar surface area (TPSA) is 96.2 Å². The number of carbonyl (C=O) groups is 2. The van der Waals surface area contributed by atoms with E-state index < -0.39 is 18.0 Å². The van der Waals surface area contributed by atoms with E-state index in [0.29, 0.717) is 37.7 Å². The average Bonchev–Trinajstić information content (AvgIpc) is 3.13. The minimum absolute atomic E-state index is 0.284. The number of allylic oxidation sites excluding steroid dienone is 1. The zero-order valence-electron chi connectivity index (χ0n) is 19.0. The van der Waals surface area contributed by atoms with E-state index in [1.54, 1.807) is 68.6 Å². The van der Waals surface area contributed by atoms with E-state index in [1.807, 2.05) is 0 Å². The molecule has 2 aromatic carbocycles. The van der Waals surface area contributed by atoms with Gasteiger partial charge in [0, 0.05) is 12.5 Å². The van der Waals surface area contributed by atoms with Gasteiger partial charge in [-0.25, -0.2) is 9.79 Å². The second-order valence-corrected chi connectivity index (χ2v) is 8.49. The van der Waals surface area contributed by atoms with Crippen molar-refractivity contribution in [1.29, 1.82) is 0 Å². The Labute approximate surface area is 199 Å². The van der Waals surface area contributed by atoms with Gasteiger partial charge < -0.3 is 14.2 Å². The molecule has 0 spiro atoms. The summed E-state index contributed by atoms with van der Waals surface area (Å²) < 4.78 is 17.4. The molecule has 0 aliphatic carbocycles. The van der Waals surface area contributed by atoms with Crippen LogP contribution in [0.3, 0.4) is 0 Å². The summed E-state index contributed by atoms with van der Waals surface area (Å²) in [5.41, 5.74) is 1.72. The summed E-state index contributed by atoms with van der Waals surface area (Å²) in [7, 11) is 2.86. The second kappa shape index (κ2) is 9.48. The molecule has 9 heteroatoms. The van der Waals surface area contributed by atoms with Crippen molar-refractivity contribution in [2.24, 2.45) is 4.99 Å². The Balaban J connectivity index is 1.94. The van der Waals surface area contributed by atoms with Crippen molar-refractivity contribution >= 4 is 29.4 Å². The van der Waals surface area contributed by atoms with Crippen LogP contribution in [0.5, 0.6) is 11.5 Å². The van der Waals surface area contributed by atoms with Crippen LogP contribution in [0, 0.1) is 0 Å². The largest absolute Gasteiger partial charge is 0.497 e. The number of benzene rings is 2. The molecule has 174 valence electrons. The summed E-state index contributed by atoms with van der Waals surface area (Å²) in [4.78, 5) is 42.8. The molecule has 0 unspecified atom stereocenters. The van der Waals surface area contributed by atoms with Gasteiger partial charge in [0.15, 0.2) is 4.80 Å². The molecule has 3 aromatic rings. The lowest BCUT2D eigenvalue weighted by Gasteiger charge is -2.24. The molecule has 1 aromatic heterocycles. The van der Waals surface area contributed by atoms with E-state index in [0.717, 1.165) is 0 Å². The summed E-state index contributed by atoms with van der Waals surface area (Å²) in [6, 6.07) is 13.4. The van der Waals surface area contributed by atoms with Crippen LogP contribution in [0.1, 0.15) is 31.0 Å². The maximum atomic E-state index is 13.6. The normalized spacial score (nSPS) is 15.4. The van der Waals surface area contributed by atoms with Crippen LogP contribution in [0.25, 0.3) is 6.08 Å². The molecule has 2 heterocycles. The number of hydrogen-bond acceptors (Lipinski definition) is 8. The number of aromatic nitrogens is 1. The first-order chi connectivity index (χ1) is 16.3. The fourth-order valence-corrected chi connectivity index (χ4v) is 4.82. The molecule has 0 saturated heterocycles. The molecular formula is C25H22N2O6S. The molecule has 4 rings (SSSR count). The van der Waals surface area contributed by atoms with Crippen LogP contribution in [0.4, 0.5) is 0 Å². The van der Waals surface area contributed by atoms with E-state index in [4.69, 9.17) is 14.2 Å². The Kier molecular flexibility index (Phi) is 6.47. The molecule has 1 atom stereocenters. The van der Waals surface area contributed by atoms with Crippen LogP contribution in [0.15, 0.2) is 69.6 Å². The van der Waals surface area contributed by atoms with Crippen LogP contribution in [-0.2, 0) is 14.3 Å². The predicted molar refractivity (Wildman–Crippen MR) is 127 cm³/mol. The molecule has 0 saturated carbocycles. The zero-order valence-corrected chi connectivity index (χ0v) is 19.8. The van der Waals surface area contributed by atoms with Crippen molar-refractivity contribution < 1.29 is 23.8 Å². The number of nitrogens with zero attached hydrogens (tertiary/aromatic N) is 2. The number of carbonyl (C=O) groups excluding carboxylic acids is 2. The van der Waals surface area contributed by atoms with Gasteiger partial charge in [0.2, 0.25) is 0 Å². The summed E-state index contributed by atoms with van der Waals surface area (Å²) in [5.74, 6) is -0.0192. The highest BCUT2D eigenvalue weighted by molar-refractivity contribution is 7.07. The van der Waals surface area contributed by atoms with Crippen LogP contribution in [0.2, 0.25) is 0 Å². The number of fused-ring (bicyclic) bond motifs is 1. The molecule has 0 N–H and O–H groups in total. The van der Waals surface area contributed by atoms with Crippen molar-refractivity contribution in [1.82, 2.24) is 4.57 Å². The van der Waals surface area contributed by atoms with Gasteiger partial charge in [-0.1, -0.05) is 41.7 Å². The number of thiazole rings is 1. The third kappa shape index (κ3) is 4.29. The quantitative estimate of drug-likeness (QED) is 0.413. The number of methoxy groups -OCH3 is 2. The molecule has 1 aliphatic rings. The average molecular weight is 479 g/mol. The first-order valence-corrected chi connectivity index (χ1v) is 11.2. The minimum atomic E-state index is -0.722. The van der Waals surface area contributed by atoms with E-state index in [-0.39, 0.29) is 11.1 Å². The minimum Gasteiger partial charge on any atom is -0.497 e. The summed E-state index contributed by atoms with van der Waals surface area (Å²) in [6.45, 7) is 3.03. The fourth-order valence-electron chi connectivity index (χ4n) is 3.78. The van der Waals surface area contributed by atoms with Crippen molar-refractivity contribution in [3.63, 3.8) is 0 Å². The molecule has 0 fully saturated rings. The van der Waals surface area contributed by atoms with Crippen LogP contribution >= 0.6 is 11.3 Å². The summed E-state index contributed by atoms with van der Waals surface area (Å²) >= 11 is 1.19. The van der Waals surface area contributed by atoms with Gasteiger partial charge in [-0.2, -0.15) is 0 Å². The van der Waals surface area contributed by atoms with Crippen LogP contribution in [-0.4, -0.2) is 30.7 Å². The Hall–Kier alpha value is -3.98. The van der Waals surface area contributed by atoms with Gasteiger partial charge in [0.25, 0.3) is 5.56 Å². The summed E-state index contributed by atoms with van der Waals surface area (Å²) in [5, 5.41) is 0.